The second-order valence-electron chi connectivity index (χ2n) is 4.66. The molecule has 0 aliphatic rings. The average molecular weight is 283 g/mol. The van der Waals surface area contributed by atoms with Gasteiger partial charge >= 0.3 is 0 Å². The van der Waals surface area contributed by atoms with Gasteiger partial charge in [0.1, 0.15) is 12.1 Å². The van der Waals surface area contributed by atoms with Crippen molar-refractivity contribution < 1.29 is 4.39 Å². The van der Waals surface area contributed by atoms with Gasteiger partial charge in [0.15, 0.2) is 0 Å². The fourth-order valence-corrected chi connectivity index (χ4v) is 2.20. The SMILES string of the molecule is CC(Nc1ccccc1-n1cnnn1)c1ccccc1F. The van der Waals surface area contributed by atoms with Gasteiger partial charge in [0, 0.05) is 5.56 Å². The number of nitrogens with zero attached hydrogens (tertiary/aromatic N) is 4. The summed E-state index contributed by atoms with van der Waals surface area (Å²) in [4.78, 5) is 0. The molecule has 1 atom stereocenters. The van der Waals surface area contributed by atoms with E-state index in [-0.39, 0.29) is 11.9 Å². The molecule has 1 N–H and O–H groups in total. The monoisotopic (exact) mass is 283 g/mol. The normalized spacial score (nSPS) is 12.1. The average Bonchev–Trinajstić information content (AvgIpc) is 3.02. The number of halogens is 1. The minimum atomic E-state index is -0.225. The highest BCUT2D eigenvalue weighted by Gasteiger charge is 2.12. The molecule has 0 amide bonds. The molecule has 6 heteroatoms. The van der Waals surface area contributed by atoms with Crippen LogP contribution in [-0.2, 0) is 0 Å². The molecule has 21 heavy (non-hydrogen) atoms. The summed E-state index contributed by atoms with van der Waals surface area (Å²) in [6.07, 6.45) is 1.52. The Morgan fingerprint density at radius 3 is 2.62 bits per heavy atom. The van der Waals surface area contributed by atoms with Crippen molar-refractivity contribution in [3.8, 4) is 5.69 Å². The summed E-state index contributed by atoms with van der Waals surface area (Å²) in [6, 6.07) is 14.2. The molecule has 106 valence electrons. The van der Waals surface area contributed by atoms with E-state index in [1.807, 2.05) is 37.3 Å². The van der Waals surface area contributed by atoms with Crippen LogP contribution in [0.2, 0.25) is 0 Å². The van der Waals surface area contributed by atoms with Crippen molar-refractivity contribution in [2.75, 3.05) is 5.32 Å². The number of hydrogen-bond acceptors (Lipinski definition) is 4. The second kappa shape index (κ2) is 5.70. The van der Waals surface area contributed by atoms with Gasteiger partial charge in [0.2, 0.25) is 0 Å². The lowest BCUT2D eigenvalue weighted by Crippen LogP contribution is -2.11. The Balaban J connectivity index is 1.91. The first-order valence-corrected chi connectivity index (χ1v) is 6.59. The molecule has 0 radical (unpaired) electrons. The summed E-state index contributed by atoms with van der Waals surface area (Å²) in [7, 11) is 0. The zero-order valence-corrected chi connectivity index (χ0v) is 11.4. The lowest BCUT2D eigenvalue weighted by atomic mass is 10.1. The molecule has 1 aromatic heterocycles. The molecule has 3 rings (SSSR count). The fourth-order valence-electron chi connectivity index (χ4n) is 2.20. The zero-order valence-electron chi connectivity index (χ0n) is 11.4. The number of tetrazole rings is 1. The lowest BCUT2D eigenvalue weighted by molar-refractivity contribution is 0.600. The third-order valence-corrected chi connectivity index (χ3v) is 3.24. The molecule has 0 fully saturated rings. The summed E-state index contributed by atoms with van der Waals surface area (Å²) in [5, 5.41) is 14.5. The zero-order chi connectivity index (χ0) is 14.7. The fraction of sp³-hybridized carbons (Fsp3) is 0.133. The number of anilines is 1. The van der Waals surface area contributed by atoms with Crippen molar-refractivity contribution in [1.82, 2.24) is 20.2 Å². The third-order valence-electron chi connectivity index (χ3n) is 3.24. The third kappa shape index (κ3) is 2.74. The first-order chi connectivity index (χ1) is 10.3. The van der Waals surface area contributed by atoms with E-state index in [1.54, 1.807) is 16.8 Å². The van der Waals surface area contributed by atoms with Crippen LogP contribution in [0, 0.1) is 5.82 Å². The van der Waals surface area contributed by atoms with Crippen LogP contribution in [0.3, 0.4) is 0 Å². The molecule has 0 aliphatic heterocycles. The van der Waals surface area contributed by atoms with E-state index >= 15 is 0 Å². The van der Waals surface area contributed by atoms with E-state index in [2.05, 4.69) is 20.8 Å². The smallest absolute Gasteiger partial charge is 0.143 e. The summed E-state index contributed by atoms with van der Waals surface area (Å²) in [5.41, 5.74) is 2.26. The highest BCUT2D eigenvalue weighted by Crippen LogP contribution is 2.25. The van der Waals surface area contributed by atoms with Crippen LogP contribution in [0.15, 0.2) is 54.9 Å². The van der Waals surface area contributed by atoms with Crippen LogP contribution in [0.1, 0.15) is 18.5 Å². The quantitative estimate of drug-likeness (QED) is 0.799. The Morgan fingerprint density at radius 2 is 1.86 bits per heavy atom. The van der Waals surface area contributed by atoms with Gasteiger partial charge in [-0.25, -0.2) is 4.39 Å². The molecular weight excluding hydrogens is 269 g/mol. The number of para-hydroxylation sites is 2. The minimum Gasteiger partial charge on any atom is -0.377 e. The molecule has 0 bridgehead atoms. The number of benzene rings is 2. The topological polar surface area (TPSA) is 55.6 Å². The van der Waals surface area contributed by atoms with Crippen LogP contribution in [0.4, 0.5) is 10.1 Å². The highest BCUT2D eigenvalue weighted by molar-refractivity contribution is 5.61. The van der Waals surface area contributed by atoms with E-state index in [9.17, 15) is 4.39 Å². The predicted octanol–water partition coefficient (Wildman–Crippen LogP) is 2.97. The Bertz CT molecular complexity index is 726. The van der Waals surface area contributed by atoms with Crippen molar-refractivity contribution in [3.05, 3.63) is 66.2 Å². The van der Waals surface area contributed by atoms with Crippen LogP contribution < -0.4 is 5.32 Å². The van der Waals surface area contributed by atoms with Crippen molar-refractivity contribution >= 4 is 5.69 Å². The number of rotatable bonds is 4. The van der Waals surface area contributed by atoms with Crippen LogP contribution in [-0.4, -0.2) is 20.2 Å². The molecule has 5 nitrogen and oxygen atoms in total. The molecule has 0 saturated carbocycles. The van der Waals surface area contributed by atoms with Gasteiger partial charge in [-0.1, -0.05) is 30.3 Å². The van der Waals surface area contributed by atoms with Crippen molar-refractivity contribution in [1.29, 1.82) is 0 Å². The van der Waals surface area contributed by atoms with Gasteiger partial charge in [-0.05, 0) is 35.5 Å². The molecule has 0 spiro atoms. The number of aromatic nitrogens is 4. The summed E-state index contributed by atoms with van der Waals surface area (Å²) in [5.74, 6) is -0.225. The molecular formula is C15H14FN5. The molecule has 3 aromatic rings. The van der Waals surface area contributed by atoms with Crippen molar-refractivity contribution in [2.24, 2.45) is 0 Å². The highest BCUT2D eigenvalue weighted by atomic mass is 19.1. The molecule has 1 unspecified atom stereocenters. The standard InChI is InChI=1S/C15H14FN5/c1-11(12-6-2-3-7-13(12)16)18-14-8-4-5-9-15(14)21-10-17-19-20-21/h2-11,18H,1H3. The predicted molar refractivity (Wildman–Crippen MR) is 77.6 cm³/mol. The number of nitrogens with one attached hydrogen (secondary N) is 1. The largest absolute Gasteiger partial charge is 0.377 e. The molecule has 1 heterocycles. The van der Waals surface area contributed by atoms with E-state index in [4.69, 9.17) is 0 Å². The van der Waals surface area contributed by atoms with Gasteiger partial charge in [-0.2, -0.15) is 4.68 Å². The summed E-state index contributed by atoms with van der Waals surface area (Å²) in [6.45, 7) is 1.91. The maximum Gasteiger partial charge on any atom is 0.143 e. The van der Waals surface area contributed by atoms with Crippen molar-refractivity contribution in [2.45, 2.75) is 13.0 Å². The van der Waals surface area contributed by atoms with Crippen LogP contribution >= 0.6 is 0 Å². The molecule has 2 aromatic carbocycles. The van der Waals surface area contributed by atoms with Crippen LogP contribution in [0.25, 0.3) is 5.69 Å². The molecule has 0 saturated heterocycles. The number of hydrogen-bond donors (Lipinski definition) is 1. The van der Waals surface area contributed by atoms with E-state index in [1.165, 1.54) is 12.4 Å². The lowest BCUT2D eigenvalue weighted by Gasteiger charge is -2.18. The second-order valence-corrected chi connectivity index (χ2v) is 4.66. The summed E-state index contributed by atoms with van der Waals surface area (Å²) >= 11 is 0. The first-order valence-electron chi connectivity index (χ1n) is 6.59. The maximum absolute atomic E-state index is 13.8. The Labute approximate surface area is 121 Å². The van der Waals surface area contributed by atoms with Crippen molar-refractivity contribution in [3.63, 3.8) is 0 Å². The van der Waals surface area contributed by atoms with Gasteiger partial charge in [0.25, 0.3) is 0 Å². The van der Waals surface area contributed by atoms with Gasteiger partial charge in [-0.3, -0.25) is 0 Å². The van der Waals surface area contributed by atoms with E-state index in [0.717, 1.165) is 11.4 Å². The first kappa shape index (κ1) is 13.2. The summed E-state index contributed by atoms with van der Waals surface area (Å²) < 4.78 is 15.4. The van der Waals surface area contributed by atoms with Gasteiger partial charge in [-0.15, -0.1) is 5.10 Å². The Hall–Kier alpha value is -2.76. The van der Waals surface area contributed by atoms with Gasteiger partial charge in [0.05, 0.1) is 17.4 Å². The maximum atomic E-state index is 13.8. The van der Waals surface area contributed by atoms with E-state index < -0.39 is 0 Å². The Kier molecular flexibility index (Phi) is 3.59. The molecule has 0 aliphatic carbocycles. The minimum absolute atomic E-state index is 0.177. The van der Waals surface area contributed by atoms with Gasteiger partial charge < -0.3 is 5.32 Å². The van der Waals surface area contributed by atoms with Crippen LogP contribution in [0.5, 0.6) is 0 Å². The van der Waals surface area contributed by atoms with E-state index in [0.29, 0.717) is 5.56 Å². The Morgan fingerprint density at radius 1 is 1.10 bits per heavy atom.